The van der Waals surface area contributed by atoms with E-state index in [-0.39, 0.29) is 17.0 Å². The predicted molar refractivity (Wildman–Crippen MR) is 147 cm³/mol. The quantitative estimate of drug-likeness (QED) is 0.245. The number of alkyl carbamates (subject to hydrolysis) is 1. The van der Waals surface area contributed by atoms with Gasteiger partial charge in [-0.15, -0.1) is 28.3 Å². The highest BCUT2D eigenvalue weighted by molar-refractivity contribution is 8.93. The average Bonchev–Trinajstić information content (AvgIpc) is 2.80. The summed E-state index contributed by atoms with van der Waals surface area (Å²) in [6, 6.07) is 12.6. The zero-order valence-corrected chi connectivity index (χ0v) is 24.3. The van der Waals surface area contributed by atoms with Crippen molar-refractivity contribution in [3.8, 4) is 10.6 Å². The maximum Gasteiger partial charge on any atom is 0.430 e. The van der Waals surface area contributed by atoms with E-state index < -0.39 is 23.8 Å². The van der Waals surface area contributed by atoms with Crippen molar-refractivity contribution in [1.82, 2.24) is 14.9 Å². The molecule has 0 fully saturated rings. The first-order valence-corrected chi connectivity index (χ1v) is 12.5. The molecule has 0 saturated carbocycles. The van der Waals surface area contributed by atoms with E-state index in [2.05, 4.69) is 53.3 Å². The van der Waals surface area contributed by atoms with Gasteiger partial charge in [0.05, 0.1) is 20.8 Å². The molecule has 0 saturated heterocycles. The van der Waals surface area contributed by atoms with Crippen molar-refractivity contribution in [2.24, 2.45) is 0 Å². The fourth-order valence-electron chi connectivity index (χ4n) is 3.19. The van der Waals surface area contributed by atoms with Gasteiger partial charge < -0.3 is 25.3 Å². The minimum Gasteiger partial charge on any atom is -0.542 e. The third-order valence-electron chi connectivity index (χ3n) is 4.85. The predicted octanol–water partition coefficient (Wildman–Crippen LogP) is 4.03. The average molecular weight is 622 g/mol. The summed E-state index contributed by atoms with van der Waals surface area (Å²) in [5.41, 5.74) is 2.52. The lowest BCUT2D eigenvalue weighted by molar-refractivity contribution is -0.344. The maximum atomic E-state index is 11.7. The van der Waals surface area contributed by atoms with Crippen LogP contribution in [-0.2, 0) is 9.53 Å². The second kappa shape index (κ2) is 14.3. The molecule has 8 nitrogen and oxygen atoms in total. The van der Waals surface area contributed by atoms with Crippen molar-refractivity contribution in [1.29, 1.82) is 0 Å². The monoisotopic (exact) mass is 620 g/mol. The van der Waals surface area contributed by atoms with Gasteiger partial charge in [0.15, 0.2) is 0 Å². The van der Waals surface area contributed by atoms with E-state index in [1.54, 1.807) is 11.3 Å². The Kier molecular flexibility index (Phi) is 12.4. The van der Waals surface area contributed by atoms with Crippen molar-refractivity contribution >= 4 is 56.3 Å². The molecule has 0 atom stereocenters. The first kappa shape index (κ1) is 33.1. The van der Waals surface area contributed by atoms with Gasteiger partial charge in [-0.1, -0.05) is 0 Å². The second-order valence-electron chi connectivity index (χ2n) is 8.86. The van der Waals surface area contributed by atoms with Crippen LogP contribution in [0.25, 0.3) is 20.8 Å². The lowest BCUT2D eigenvalue weighted by Crippen LogP contribution is -2.37. The number of carbonyl (C=O) groups excluding carboxylic acids is 2. The number of benzene rings is 2. The molecule has 1 aromatic carbocycles. The molecule has 2 N–H and O–H groups in total. The summed E-state index contributed by atoms with van der Waals surface area (Å²) in [6.45, 7) is 13.0. The number of carbonyl (C=O) groups is 2. The van der Waals surface area contributed by atoms with Crippen LogP contribution in [0.4, 0.5) is 23.7 Å². The van der Waals surface area contributed by atoms with Crippen molar-refractivity contribution in [3.63, 3.8) is 0 Å². The molecule has 0 unspecified atom stereocenters. The summed E-state index contributed by atoms with van der Waals surface area (Å²) < 4.78 is 40.3. The largest absolute Gasteiger partial charge is 0.542 e. The minimum atomic E-state index is -5.19. The van der Waals surface area contributed by atoms with Gasteiger partial charge in [-0.05, 0) is 58.9 Å². The normalized spacial score (nSPS) is 11.2. The molecule has 0 bridgehead atoms. The number of alkyl halides is 3. The fraction of sp³-hybridized carbons (Fsp3) is 0.440. The number of anilines is 1. The molecule has 0 radical (unpaired) electrons. The standard InChI is InChI=1S/C23H30N4O2S.C2HF3O2.BrH/c1-6-27(7-2)17-9-11-19-21(15-17)30-20-14-16(8-10-18(20)26-19)24-12-13-25-22(28)29-23(3,4)5;3-2(4,5)1(6)7;/h8-11,14-15H,6-7,12-13H2,1-5H3,(H,25,28);(H,6,7);1H. The fourth-order valence-corrected chi connectivity index (χ4v) is 4.23. The van der Waals surface area contributed by atoms with Gasteiger partial charge in [-0.25, -0.2) is 14.4 Å². The van der Waals surface area contributed by atoms with Crippen LogP contribution in [0.5, 0.6) is 0 Å². The van der Waals surface area contributed by atoms with E-state index in [0.717, 1.165) is 34.7 Å². The molecular formula is C25H32BrF3N4O4S. The number of ether oxygens (including phenoxy) is 1. The Balaban J connectivity index is 0.000000797. The number of hydrogen-bond donors (Lipinski definition) is 2. The molecule has 1 aliphatic heterocycles. The van der Waals surface area contributed by atoms with Crippen molar-refractivity contribution in [2.75, 3.05) is 31.5 Å². The van der Waals surface area contributed by atoms with Crippen LogP contribution in [-0.4, -0.2) is 55.0 Å². The minimum absolute atomic E-state index is 0. The lowest BCUT2D eigenvalue weighted by atomic mass is 10.2. The van der Waals surface area contributed by atoms with E-state index in [0.29, 0.717) is 13.1 Å². The molecule has 1 aromatic rings. The van der Waals surface area contributed by atoms with E-state index in [1.165, 1.54) is 10.2 Å². The Labute approximate surface area is 233 Å². The molecule has 1 aliphatic carbocycles. The van der Waals surface area contributed by atoms with Crippen molar-refractivity contribution in [2.45, 2.75) is 46.4 Å². The van der Waals surface area contributed by atoms with Crippen LogP contribution in [0, 0.1) is 0 Å². The SMILES string of the molecule is Br.CC[N+](CC)=c1ccc2nc3ccc(NCCNC(=O)OC(C)(C)C)cc3sc-2c1.O=C([O-])C(F)(F)F. The third kappa shape index (κ3) is 10.4. The molecule has 1 heterocycles. The van der Waals surface area contributed by atoms with Gasteiger partial charge in [0.2, 0.25) is 5.36 Å². The number of hydrogen-bond acceptors (Lipinski definition) is 7. The van der Waals surface area contributed by atoms with Gasteiger partial charge in [-0.2, -0.15) is 13.2 Å². The molecular weight excluding hydrogens is 589 g/mol. The highest BCUT2D eigenvalue weighted by Crippen LogP contribution is 2.30. The summed E-state index contributed by atoms with van der Waals surface area (Å²) >= 11 is 1.75. The Morgan fingerprint density at radius 3 is 2.24 bits per heavy atom. The first-order chi connectivity index (χ1) is 17.2. The summed E-state index contributed by atoms with van der Waals surface area (Å²) in [4.78, 5) is 26.5. The van der Waals surface area contributed by atoms with Crippen LogP contribution in [0.15, 0.2) is 36.4 Å². The number of amides is 1. The zero-order chi connectivity index (χ0) is 27.8. The summed E-state index contributed by atoms with van der Waals surface area (Å²) in [6.07, 6.45) is -5.59. The number of aromatic nitrogens is 1. The van der Waals surface area contributed by atoms with Gasteiger partial charge in [0.25, 0.3) is 0 Å². The highest BCUT2D eigenvalue weighted by atomic mass is 79.9. The number of fused-ring (bicyclic) bond motifs is 2. The number of aliphatic carboxylic acids is 1. The molecule has 210 valence electrons. The zero-order valence-electron chi connectivity index (χ0n) is 21.8. The van der Waals surface area contributed by atoms with Crippen molar-refractivity contribution < 1.29 is 32.6 Å². The van der Waals surface area contributed by atoms with Crippen LogP contribution >= 0.6 is 28.3 Å². The van der Waals surface area contributed by atoms with E-state index >= 15 is 0 Å². The molecule has 38 heavy (non-hydrogen) atoms. The van der Waals surface area contributed by atoms with Crippen molar-refractivity contribution in [3.05, 3.63) is 41.8 Å². The molecule has 2 aliphatic rings. The van der Waals surface area contributed by atoms with E-state index in [1.807, 2.05) is 32.9 Å². The lowest BCUT2D eigenvalue weighted by Gasteiger charge is -2.19. The molecule has 0 spiro atoms. The summed E-state index contributed by atoms with van der Waals surface area (Å²) in [5, 5.41) is 16.1. The van der Waals surface area contributed by atoms with Gasteiger partial charge >= 0.3 is 12.3 Å². The molecule has 1 amide bonds. The van der Waals surface area contributed by atoms with Gasteiger partial charge in [-0.3, -0.25) is 0 Å². The summed E-state index contributed by atoms with van der Waals surface area (Å²) in [5.74, 6) is -3.01. The number of carboxylic acid groups (broad SMARTS) is 1. The second-order valence-corrected chi connectivity index (χ2v) is 9.95. The number of halogens is 4. The smallest absolute Gasteiger partial charge is 0.430 e. The molecule has 3 rings (SSSR count). The van der Waals surface area contributed by atoms with Crippen LogP contribution < -0.4 is 25.7 Å². The number of nitrogens with zero attached hydrogens (tertiary/aromatic N) is 2. The van der Waals surface area contributed by atoms with Crippen LogP contribution in [0.2, 0.25) is 0 Å². The van der Waals surface area contributed by atoms with Gasteiger partial charge in [0, 0.05) is 30.9 Å². The van der Waals surface area contributed by atoms with Crippen LogP contribution in [0.1, 0.15) is 34.6 Å². The van der Waals surface area contributed by atoms with Gasteiger partial charge in [0.1, 0.15) is 24.7 Å². The third-order valence-corrected chi connectivity index (χ3v) is 5.94. The molecule has 13 heteroatoms. The Morgan fingerprint density at radius 1 is 1.05 bits per heavy atom. The summed E-state index contributed by atoms with van der Waals surface area (Å²) in [7, 11) is 0. The number of rotatable bonds is 6. The van der Waals surface area contributed by atoms with Crippen LogP contribution in [0.3, 0.4) is 0 Å². The Hall–Kier alpha value is -2.93. The maximum absolute atomic E-state index is 11.7. The number of nitrogens with one attached hydrogen (secondary N) is 2. The first-order valence-electron chi connectivity index (χ1n) is 11.6. The van der Waals surface area contributed by atoms with E-state index in [4.69, 9.17) is 19.6 Å². The molecule has 0 aromatic heterocycles. The topological polar surface area (TPSA) is 106 Å². The Bertz CT molecular complexity index is 1270. The highest BCUT2D eigenvalue weighted by Gasteiger charge is 2.28. The number of carboxylic acids is 1. The van der Waals surface area contributed by atoms with E-state index in [9.17, 15) is 18.0 Å². The Morgan fingerprint density at radius 2 is 1.68 bits per heavy atom.